The van der Waals surface area contributed by atoms with Gasteiger partial charge in [0.05, 0.1) is 6.10 Å². The summed E-state index contributed by atoms with van der Waals surface area (Å²) >= 11 is 0. The fourth-order valence-electron chi connectivity index (χ4n) is 3.78. The molecule has 2 aromatic rings. The van der Waals surface area contributed by atoms with Gasteiger partial charge < -0.3 is 4.65 Å². The summed E-state index contributed by atoms with van der Waals surface area (Å²) in [4.78, 5) is 0. The minimum absolute atomic E-state index is 0.0670. The van der Waals surface area contributed by atoms with Crippen LogP contribution in [0, 0.1) is 0 Å². The predicted octanol–water partition coefficient (Wildman–Crippen LogP) is 6.73. The van der Waals surface area contributed by atoms with Crippen molar-refractivity contribution < 1.29 is 4.65 Å². The maximum absolute atomic E-state index is 6.65. The zero-order chi connectivity index (χ0) is 17.5. The molecular formula is C23H29BO. The monoisotopic (exact) mass is 332 g/mol. The summed E-state index contributed by atoms with van der Waals surface area (Å²) in [7, 11) is 0. The van der Waals surface area contributed by atoms with E-state index < -0.39 is 0 Å². The Bertz CT molecular complexity index is 678. The summed E-state index contributed by atoms with van der Waals surface area (Å²) in [5, 5.41) is 0. The van der Waals surface area contributed by atoms with Gasteiger partial charge in [-0.2, -0.15) is 0 Å². The van der Waals surface area contributed by atoms with E-state index in [1.807, 2.05) is 0 Å². The molecule has 0 radical (unpaired) electrons. The lowest BCUT2D eigenvalue weighted by molar-refractivity contribution is 0.279. The molecule has 0 saturated heterocycles. The van der Waals surface area contributed by atoms with Gasteiger partial charge in [-0.1, -0.05) is 106 Å². The normalized spacial score (nSPS) is 17.4. The number of allylic oxidation sites excluding steroid dienone is 1. The number of hydrogen-bond acceptors (Lipinski definition) is 1. The van der Waals surface area contributed by atoms with Gasteiger partial charge in [0, 0.05) is 0 Å². The predicted molar refractivity (Wildman–Crippen MR) is 109 cm³/mol. The zero-order valence-corrected chi connectivity index (χ0v) is 15.6. The average Bonchev–Trinajstić information content (AvgIpc) is 3.04. The molecule has 0 amide bonds. The summed E-state index contributed by atoms with van der Waals surface area (Å²) in [5.74, 6) is 0. The lowest BCUT2D eigenvalue weighted by atomic mass is 9.55. The van der Waals surface area contributed by atoms with Crippen molar-refractivity contribution in [3.63, 3.8) is 0 Å². The molecule has 1 heterocycles. The van der Waals surface area contributed by atoms with E-state index in [4.69, 9.17) is 4.65 Å². The standard InChI is InChI=1S/C23H29BO/c1-3-5-17-21-22(19-13-9-7-10-14-19)23(20-15-11-8-12-16-20)25-24(21)18-6-4-2/h7-16,23H,3-6,17-18H2,1-2H3. The minimum Gasteiger partial charge on any atom is -0.421 e. The lowest BCUT2D eigenvalue weighted by Gasteiger charge is -2.18. The first kappa shape index (κ1) is 18.0. The van der Waals surface area contributed by atoms with E-state index in [9.17, 15) is 0 Å². The van der Waals surface area contributed by atoms with Crippen LogP contribution in [0.1, 0.15) is 63.2 Å². The van der Waals surface area contributed by atoms with E-state index in [2.05, 4.69) is 74.5 Å². The SMILES string of the molecule is CCCCB1OC(c2ccccc2)C(c2ccccc2)=C1CCCC. The molecule has 1 nitrogen and oxygen atoms in total. The zero-order valence-electron chi connectivity index (χ0n) is 15.6. The quantitative estimate of drug-likeness (QED) is 0.487. The molecule has 0 aliphatic carbocycles. The van der Waals surface area contributed by atoms with Gasteiger partial charge in [-0.25, -0.2) is 0 Å². The van der Waals surface area contributed by atoms with Crippen LogP contribution in [-0.4, -0.2) is 6.92 Å². The van der Waals surface area contributed by atoms with Crippen LogP contribution in [-0.2, 0) is 4.65 Å². The van der Waals surface area contributed by atoms with E-state index in [0.717, 1.165) is 12.7 Å². The van der Waals surface area contributed by atoms with Gasteiger partial charge in [-0.15, -0.1) is 0 Å². The Labute approximate surface area is 153 Å². The van der Waals surface area contributed by atoms with Gasteiger partial charge in [0.15, 0.2) is 0 Å². The Kier molecular flexibility index (Phi) is 6.52. The number of benzene rings is 2. The molecule has 0 spiro atoms. The molecule has 130 valence electrons. The third-order valence-electron chi connectivity index (χ3n) is 5.10. The Morgan fingerprint density at radius 3 is 2.12 bits per heavy atom. The van der Waals surface area contributed by atoms with Gasteiger partial charge in [-0.3, -0.25) is 0 Å². The number of hydrogen-bond donors (Lipinski definition) is 0. The maximum Gasteiger partial charge on any atom is 0.324 e. The van der Waals surface area contributed by atoms with E-state index in [1.165, 1.54) is 47.9 Å². The Hall–Kier alpha value is -1.80. The molecule has 0 aromatic heterocycles. The molecule has 2 aromatic carbocycles. The van der Waals surface area contributed by atoms with E-state index in [1.54, 1.807) is 0 Å². The molecule has 1 atom stereocenters. The summed E-state index contributed by atoms with van der Waals surface area (Å²) < 4.78 is 6.65. The molecule has 0 fully saturated rings. The highest BCUT2D eigenvalue weighted by molar-refractivity contribution is 6.63. The third kappa shape index (κ3) is 4.25. The van der Waals surface area contributed by atoms with Gasteiger partial charge in [0.1, 0.15) is 0 Å². The van der Waals surface area contributed by atoms with Crippen molar-refractivity contribution in [1.29, 1.82) is 0 Å². The van der Waals surface area contributed by atoms with E-state index in [0.29, 0.717) is 0 Å². The second-order valence-electron chi connectivity index (χ2n) is 6.97. The molecule has 0 saturated carbocycles. The van der Waals surface area contributed by atoms with E-state index >= 15 is 0 Å². The molecule has 25 heavy (non-hydrogen) atoms. The number of rotatable bonds is 8. The Morgan fingerprint density at radius 1 is 0.840 bits per heavy atom. The molecule has 1 aliphatic heterocycles. The summed E-state index contributed by atoms with van der Waals surface area (Å²) in [6.45, 7) is 4.80. The molecule has 3 rings (SSSR count). The Morgan fingerprint density at radius 2 is 1.48 bits per heavy atom. The van der Waals surface area contributed by atoms with Crippen molar-refractivity contribution in [2.24, 2.45) is 0 Å². The second kappa shape index (κ2) is 9.06. The highest BCUT2D eigenvalue weighted by Gasteiger charge is 2.37. The summed E-state index contributed by atoms with van der Waals surface area (Å²) in [6, 6.07) is 21.6. The fourth-order valence-corrected chi connectivity index (χ4v) is 3.78. The smallest absolute Gasteiger partial charge is 0.324 e. The van der Waals surface area contributed by atoms with E-state index in [-0.39, 0.29) is 13.0 Å². The van der Waals surface area contributed by atoms with Crippen molar-refractivity contribution in [2.45, 2.75) is 58.4 Å². The largest absolute Gasteiger partial charge is 0.421 e. The summed E-state index contributed by atoms with van der Waals surface area (Å²) in [6.07, 6.45) is 7.26. The molecular weight excluding hydrogens is 303 g/mol. The highest BCUT2D eigenvalue weighted by atomic mass is 16.5. The average molecular weight is 332 g/mol. The topological polar surface area (TPSA) is 9.23 Å². The maximum atomic E-state index is 6.65. The molecule has 0 bridgehead atoms. The van der Waals surface area contributed by atoms with Crippen LogP contribution >= 0.6 is 0 Å². The van der Waals surface area contributed by atoms with Gasteiger partial charge in [0.25, 0.3) is 0 Å². The van der Waals surface area contributed by atoms with Crippen molar-refractivity contribution in [3.8, 4) is 0 Å². The first-order valence-electron chi connectivity index (χ1n) is 9.83. The van der Waals surface area contributed by atoms with Crippen LogP contribution < -0.4 is 0 Å². The minimum atomic E-state index is 0.0670. The third-order valence-corrected chi connectivity index (χ3v) is 5.10. The fraction of sp³-hybridized carbons (Fsp3) is 0.391. The van der Waals surface area contributed by atoms with Gasteiger partial charge >= 0.3 is 6.92 Å². The van der Waals surface area contributed by atoms with Crippen molar-refractivity contribution in [3.05, 3.63) is 77.3 Å². The highest BCUT2D eigenvalue weighted by Crippen LogP contribution is 2.45. The Balaban J connectivity index is 2.04. The van der Waals surface area contributed by atoms with Crippen molar-refractivity contribution in [2.75, 3.05) is 0 Å². The lowest BCUT2D eigenvalue weighted by Crippen LogP contribution is -2.17. The van der Waals surface area contributed by atoms with Crippen molar-refractivity contribution >= 4 is 12.5 Å². The van der Waals surface area contributed by atoms with Gasteiger partial charge in [-0.05, 0) is 29.4 Å². The molecule has 1 aliphatic rings. The first-order valence-corrected chi connectivity index (χ1v) is 9.83. The van der Waals surface area contributed by atoms with Crippen LogP contribution in [0.25, 0.3) is 5.57 Å². The number of unbranched alkanes of at least 4 members (excludes halogenated alkanes) is 2. The van der Waals surface area contributed by atoms with Crippen LogP contribution in [0.5, 0.6) is 0 Å². The van der Waals surface area contributed by atoms with Crippen LogP contribution in [0.3, 0.4) is 0 Å². The van der Waals surface area contributed by atoms with Gasteiger partial charge in [0.2, 0.25) is 0 Å². The van der Waals surface area contributed by atoms with Crippen LogP contribution in [0.4, 0.5) is 0 Å². The van der Waals surface area contributed by atoms with Crippen LogP contribution in [0.2, 0.25) is 6.32 Å². The van der Waals surface area contributed by atoms with Crippen LogP contribution in [0.15, 0.2) is 66.1 Å². The summed E-state index contributed by atoms with van der Waals surface area (Å²) in [5.41, 5.74) is 5.55. The first-order chi connectivity index (χ1) is 12.3. The molecule has 2 heteroatoms. The second-order valence-corrected chi connectivity index (χ2v) is 6.97. The molecule has 1 unspecified atom stereocenters. The molecule has 0 N–H and O–H groups in total. The van der Waals surface area contributed by atoms with Crippen molar-refractivity contribution in [1.82, 2.24) is 0 Å².